The standard InChI is InChI=1S/C25H16ClNO.BF4/c26-19-13-14-24-21(15-19)23(16-25(28-24)18-8-2-1-3-9-18)27-22-12-6-10-17-7-4-5-11-20(17)22;2-1(3,4)5/h1-16H;/q;-1/p+1. The van der Waals surface area contributed by atoms with Crippen LogP contribution in [-0.2, 0) is 0 Å². The molecule has 0 saturated carbocycles. The summed E-state index contributed by atoms with van der Waals surface area (Å²) in [5.41, 5.74) is 2.86. The molecule has 0 radical (unpaired) electrons. The second-order valence-corrected chi connectivity index (χ2v) is 7.61. The smallest absolute Gasteiger partial charge is 0.456 e. The molecule has 1 N–H and O–H groups in total. The summed E-state index contributed by atoms with van der Waals surface area (Å²) in [7, 11) is -6.00. The van der Waals surface area contributed by atoms with Crippen LogP contribution in [0.1, 0.15) is 0 Å². The highest BCUT2D eigenvalue weighted by Gasteiger charge is 2.20. The van der Waals surface area contributed by atoms with E-state index in [1.54, 1.807) is 0 Å². The lowest BCUT2D eigenvalue weighted by atomic mass is 10.1. The first-order valence-electron chi connectivity index (χ1n) is 10.0. The maximum absolute atomic E-state index is 9.75. The molecule has 1 aromatic heterocycles. The molecular weight excluding hydrogens is 453 g/mol. The Morgan fingerprint density at radius 2 is 1.36 bits per heavy atom. The van der Waals surface area contributed by atoms with Crippen LogP contribution in [0.15, 0.2) is 101 Å². The number of halogens is 5. The predicted molar refractivity (Wildman–Crippen MR) is 125 cm³/mol. The second-order valence-electron chi connectivity index (χ2n) is 7.18. The van der Waals surface area contributed by atoms with E-state index >= 15 is 0 Å². The van der Waals surface area contributed by atoms with Crippen LogP contribution in [0.5, 0.6) is 0 Å². The van der Waals surface area contributed by atoms with Crippen LogP contribution in [0, 0.1) is 0 Å². The molecule has 4 aromatic carbocycles. The Labute approximate surface area is 191 Å². The second kappa shape index (κ2) is 9.51. The third-order valence-electron chi connectivity index (χ3n) is 4.84. The van der Waals surface area contributed by atoms with Gasteiger partial charge in [0.1, 0.15) is 11.3 Å². The molecule has 0 aliphatic heterocycles. The summed E-state index contributed by atoms with van der Waals surface area (Å²) in [5.74, 6) is 0.804. The zero-order valence-electron chi connectivity index (χ0n) is 17.1. The van der Waals surface area contributed by atoms with Crippen molar-refractivity contribution in [3.63, 3.8) is 0 Å². The monoisotopic (exact) mass is 469 g/mol. The van der Waals surface area contributed by atoms with Crippen molar-refractivity contribution >= 4 is 46.3 Å². The molecule has 166 valence electrons. The Morgan fingerprint density at radius 1 is 0.697 bits per heavy atom. The Kier molecular flexibility index (Phi) is 6.51. The molecule has 0 aliphatic rings. The first-order chi connectivity index (χ1) is 15.8. The first kappa shape index (κ1) is 22.6. The number of hydrogen-bond donors (Lipinski definition) is 1. The van der Waals surface area contributed by atoms with Gasteiger partial charge in [0.2, 0.25) is 11.0 Å². The number of nitrogens with one attached hydrogen (secondary N) is 1. The number of benzene rings is 4. The molecule has 0 aliphatic carbocycles. The van der Waals surface area contributed by atoms with Gasteiger partial charge >= 0.3 is 7.25 Å². The summed E-state index contributed by atoms with van der Waals surface area (Å²) in [4.78, 5) is 3.61. The van der Waals surface area contributed by atoms with E-state index in [0.717, 1.165) is 33.3 Å². The van der Waals surface area contributed by atoms with E-state index < -0.39 is 7.25 Å². The lowest BCUT2D eigenvalue weighted by Crippen LogP contribution is -2.70. The average molecular weight is 470 g/mol. The van der Waals surface area contributed by atoms with Gasteiger partial charge in [-0.25, -0.2) is 4.99 Å². The number of fused-ring (bicyclic) bond motifs is 2. The molecule has 0 unspecified atom stereocenters. The van der Waals surface area contributed by atoms with Crippen molar-refractivity contribution in [3.05, 3.63) is 107 Å². The highest BCUT2D eigenvalue weighted by atomic mass is 35.5. The van der Waals surface area contributed by atoms with Crippen molar-refractivity contribution in [2.75, 3.05) is 0 Å². The fourth-order valence-electron chi connectivity index (χ4n) is 3.49. The van der Waals surface area contributed by atoms with Crippen LogP contribution in [0.25, 0.3) is 33.1 Å². The molecule has 33 heavy (non-hydrogen) atoms. The summed E-state index contributed by atoms with van der Waals surface area (Å²) in [6.45, 7) is 0. The van der Waals surface area contributed by atoms with E-state index in [1.807, 2.05) is 54.6 Å². The summed E-state index contributed by atoms with van der Waals surface area (Å²) in [6, 6.07) is 32.5. The van der Waals surface area contributed by atoms with E-state index in [0.29, 0.717) is 5.02 Å². The van der Waals surface area contributed by atoms with Gasteiger partial charge < -0.3 is 21.7 Å². The molecule has 8 heteroatoms. The predicted octanol–water partition coefficient (Wildman–Crippen LogP) is 6.52. The topological polar surface area (TPSA) is 27.1 Å². The van der Waals surface area contributed by atoms with E-state index in [4.69, 9.17) is 16.0 Å². The molecule has 5 aromatic rings. The minimum atomic E-state index is -6.00. The number of hydrogen-bond acceptors (Lipinski definition) is 1. The van der Waals surface area contributed by atoms with Gasteiger partial charge in [-0.1, -0.05) is 72.3 Å². The van der Waals surface area contributed by atoms with E-state index in [-0.39, 0.29) is 0 Å². The van der Waals surface area contributed by atoms with Gasteiger partial charge in [-0.15, -0.1) is 0 Å². The third-order valence-corrected chi connectivity index (χ3v) is 5.08. The van der Waals surface area contributed by atoms with E-state index in [1.165, 1.54) is 10.8 Å². The van der Waals surface area contributed by atoms with Crippen LogP contribution < -0.4 is 10.3 Å². The largest absolute Gasteiger partial charge is 0.673 e. The first-order valence-corrected chi connectivity index (χ1v) is 10.4. The molecule has 0 spiro atoms. The van der Waals surface area contributed by atoms with Crippen molar-refractivity contribution < 1.29 is 26.7 Å². The Bertz CT molecular complexity index is 1470. The lowest BCUT2D eigenvalue weighted by molar-refractivity contribution is -0.399. The van der Waals surface area contributed by atoms with Gasteiger partial charge in [0, 0.05) is 16.7 Å². The maximum Gasteiger partial charge on any atom is 0.673 e. The molecular formula is C25H17BClF4NO. The Morgan fingerprint density at radius 3 is 2.12 bits per heavy atom. The van der Waals surface area contributed by atoms with Crippen LogP contribution in [0.4, 0.5) is 23.0 Å². The van der Waals surface area contributed by atoms with Gasteiger partial charge in [0.25, 0.3) is 0 Å². The lowest BCUT2D eigenvalue weighted by Gasteiger charge is -2.04. The molecule has 2 nitrogen and oxygen atoms in total. The quantitative estimate of drug-likeness (QED) is 0.231. The molecule has 5 rings (SSSR count). The maximum atomic E-state index is 9.75. The van der Waals surface area contributed by atoms with Crippen molar-refractivity contribution in [1.29, 1.82) is 0 Å². The highest BCUT2D eigenvalue weighted by Crippen LogP contribution is 2.24. The fourth-order valence-corrected chi connectivity index (χ4v) is 3.66. The van der Waals surface area contributed by atoms with E-state index in [2.05, 4.69) is 47.5 Å². The highest BCUT2D eigenvalue weighted by molar-refractivity contribution is 6.50. The molecule has 0 fully saturated rings. The van der Waals surface area contributed by atoms with E-state index in [9.17, 15) is 17.3 Å². The third kappa shape index (κ3) is 5.81. The van der Waals surface area contributed by atoms with Crippen LogP contribution >= 0.6 is 11.6 Å². The van der Waals surface area contributed by atoms with Gasteiger partial charge in [-0.05, 0) is 29.7 Å². The van der Waals surface area contributed by atoms with Gasteiger partial charge in [0.15, 0.2) is 0 Å². The molecule has 0 saturated heterocycles. The van der Waals surface area contributed by atoms with Crippen molar-refractivity contribution in [1.82, 2.24) is 0 Å². The molecule has 0 amide bonds. The number of rotatable bonds is 2. The normalized spacial score (nSPS) is 12.0. The van der Waals surface area contributed by atoms with Crippen molar-refractivity contribution in [2.24, 2.45) is 0 Å². The SMILES string of the molecule is Clc1ccc2oc(-c3ccccc3)cc(=[NH+]c3cccc4ccccc34)c2c1.F[B-](F)(F)F. The van der Waals surface area contributed by atoms with Crippen LogP contribution in [0.3, 0.4) is 0 Å². The van der Waals surface area contributed by atoms with Gasteiger partial charge in [-0.2, -0.15) is 0 Å². The Balaban J connectivity index is 0.000000471. The summed E-state index contributed by atoms with van der Waals surface area (Å²) < 4.78 is 45.2. The average Bonchev–Trinajstić information content (AvgIpc) is 2.79. The van der Waals surface area contributed by atoms with Gasteiger partial charge in [-0.3, -0.25) is 0 Å². The zero-order chi connectivity index (χ0) is 23.4. The van der Waals surface area contributed by atoms with Crippen LogP contribution in [0.2, 0.25) is 5.02 Å². The minimum Gasteiger partial charge on any atom is -0.456 e. The summed E-state index contributed by atoms with van der Waals surface area (Å²) in [5, 5.41) is 4.94. The zero-order valence-corrected chi connectivity index (χ0v) is 17.9. The Hall–Kier alpha value is -3.58. The summed E-state index contributed by atoms with van der Waals surface area (Å²) >= 11 is 6.28. The van der Waals surface area contributed by atoms with Gasteiger partial charge in [0.05, 0.1) is 16.8 Å². The molecule has 0 atom stereocenters. The summed E-state index contributed by atoms with van der Waals surface area (Å²) in [6.07, 6.45) is 0. The van der Waals surface area contributed by atoms with Crippen LogP contribution in [-0.4, -0.2) is 7.25 Å². The minimum absolute atomic E-state index is 0.677. The van der Waals surface area contributed by atoms with Crippen molar-refractivity contribution in [2.45, 2.75) is 0 Å². The van der Waals surface area contributed by atoms with Crippen molar-refractivity contribution in [3.8, 4) is 11.3 Å². The molecule has 1 heterocycles. The fraction of sp³-hybridized carbons (Fsp3) is 0. The molecule has 0 bridgehead atoms.